The third-order valence-electron chi connectivity index (χ3n) is 4.43. The zero-order valence-electron chi connectivity index (χ0n) is 16.4. The second-order valence-electron chi connectivity index (χ2n) is 6.18. The number of amides is 2. The predicted molar refractivity (Wildman–Crippen MR) is 109 cm³/mol. The second-order valence-corrected chi connectivity index (χ2v) is 8.11. The lowest BCUT2D eigenvalue weighted by atomic mass is 10.1. The molecule has 0 aliphatic heterocycles. The molecule has 0 heterocycles. The van der Waals surface area contributed by atoms with Gasteiger partial charge in [0.05, 0.1) is 4.90 Å². The van der Waals surface area contributed by atoms with Gasteiger partial charge in [0.1, 0.15) is 0 Å². The second kappa shape index (κ2) is 8.99. The Morgan fingerprint density at radius 2 is 1.57 bits per heavy atom. The van der Waals surface area contributed by atoms with Crippen molar-refractivity contribution in [1.29, 1.82) is 0 Å². The number of nitrogens with zero attached hydrogens (tertiary/aromatic N) is 1. The minimum Gasteiger partial charge on any atom is -0.355 e. The van der Waals surface area contributed by atoms with E-state index in [0.717, 1.165) is 0 Å². The molecule has 150 valence electrons. The molecular weight excluding hydrogens is 378 g/mol. The van der Waals surface area contributed by atoms with E-state index < -0.39 is 15.9 Å². The minimum absolute atomic E-state index is 0.0851. The first-order chi connectivity index (χ1) is 13.2. The maximum Gasteiger partial charge on any atom is 0.255 e. The first-order valence-corrected chi connectivity index (χ1v) is 10.4. The lowest BCUT2D eigenvalue weighted by Crippen LogP contribution is -2.30. The molecule has 0 bridgehead atoms. The number of carbonyl (C=O) groups excluding carboxylic acids is 2. The van der Waals surface area contributed by atoms with Crippen molar-refractivity contribution in [3.05, 3.63) is 59.2 Å². The van der Waals surface area contributed by atoms with Crippen LogP contribution in [0.3, 0.4) is 0 Å². The largest absolute Gasteiger partial charge is 0.355 e. The van der Waals surface area contributed by atoms with Crippen molar-refractivity contribution in [2.45, 2.75) is 25.7 Å². The highest BCUT2D eigenvalue weighted by atomic mass is 32.2. The van der Waals surface area contributed by atoms with Crippen molar-refractivity contribution in [1.82, 2.24) is 9.62 Å². The van der Waals surface area contributed by atoms with Gasteiger partial charge in [0.25, 0.3) is 11.8 Å². The van der Waals surface area contributed by atoms with E-state index in [4.69, 9.17) is 0 Å². The van der Waals surface area contributed by atoms with Crippen LogP contribution < -0.4 is 10.6 Å². The van der Waals surface area contributed by atoms with Gasteiger partial charge >= 0.3 is 0 Å². The van der Waals surface area contributed by atoms with E-state index in [1.165, 1.54) is 16.4 Å². The molecule has 0 aliphatic rings. The van der Waals surface area contributed by atoms with Crippen molar-refractivity contribution >= 4 is 27.5 Å². The summed E-state index contributed by atoms with van der Waals surface area (Å²) in [7, 11) is -2.11. The van der Waals surface area contributed by atoms with Gasteiger partial charge in [0.15, 0.2) is 0 Å². The van der Waals surface area contributed by atoms with Gasteiger partial charge in [-0.3, -0.25) is 9.59 Å². The SMILES string of the molecule is CCN(CC)S(=O)(=O)c1ccc(C)c(C(=O)Nc2ccc(C(=O)NC)cc2)c1. The molecule has 0 unspecified atom stereocenters. The fourth-order valence-corrected chi connectivity index (χ4v) is 4.25. The van der Waals surface area contributed by atoms with Crippen LogP contribution in [0.5, 0.6) is 0 Å². The van der Waals surface area contributed by atoms with Crippen LogP contribution >= 0.6 is 0 Å². The third-order valence-corrected chi connectivity index (χ3v) is 6.47. The van der Waals surface area contributed by atoms with Crippen LogP contribution in [-0.2, 0) is 10.0 Å². The fourth-order valence-electron chi connectivity index (χ4n) is 2.77. The minimum atomic E-state index is -3.66. The summed E-state index contributed by atoms with van der Waals surface area (Å²) in [5.41, 5.74) is 1.93. The van der Waals surface area contributed by atoms with Crippen LogP contribution in [0.2, 0.25) is 0 Å². The number of rotatable bonds is 7. The van der Waals surface area contributed by atoms with Crippen molar-refractivity contribution in [2.75, 3.05) is 25.5 Å². The molecule has 2 aromatic carbocycles. The molecule has 7 nitrogen and oxygen atoms in total. The molecule has 0 radical (unpaired) electrons. The van der Waals surface area contributed by atoms with E-state index >= 15 is 0 Å². The Morgan fingerprint density at radius 3 is 2.11 bits per heavy atom. The van der Waals surface area contributed by atoms with Gasteiger partial charge in [-0.2, -0.15) is 4.31 Å². The van der Waals surface area contributed by atoms with E-state index in [0.29, 0.717) is 29.9 Å². The Hall–Kier alpha value is -2.71. The smallest absolute Gasteiger partial charge is 0.255 e. The van der Waals surface area contributed by atoms with Crippen molar-refractivity contribution in [2.24, 2.45) is 0 Å². The van der Waals surface area contributed by atoms with Crippen LogP contribution in [0, 0.1) is 6.92 Å². The molecular formula is C20H25N3O4S. The molecule has 0 saturated heterocycles. The molecule has 0 fully saturated rings. The van der Waals surface area contributed by atoms with E-state index in [-0.39, 0.29) is 16.4 Å². The quantitative estimate of drug-likeness (QED) is 0.743. The van der Waals surface area contributed by atoms with E-state index in [1.807, 2.05) is 0 Å². The Labute approximate surface area is 165 Å². The van der Waals surface area contributed by atoms with Gasteiger partial charge in [0.2, 0.25) is 10.0 Å². The number of benzene rings is 2. The summed E-state index contributed by atoms with van der Waals surface area (Å²) >= 11 is 0. The third kappa shape index (κ3) is 4.58. The number of carbonyl (C=O) groups is 2. The van der Waals surface area contributed by atoms with Gasteiger partial charge in [0, 0.05) is 37.0 Å². The fraction of sp³-hybridized carbons (Fsp3) is 0.300. The van der Waals surface area contributed by atoms with E-state index in [2.05, 4.69) is 10.6 Å². The maximum atomic E-state index is 12.7. The molecule has 0 saturated carbocycles. The molecule has 2 rings (SSSR count). The zero-order chi connectivity index (χ0) is 20.9. The van der Waals surface area contributed by atoms with Gasteiger partial charge in [-0.05, 0) is 48.9 Å². The summed E-state index contributed by atoms with van der Waals surface area (Å²) < 4.78 is 26.8. The summed E-state index contributed by atoms with van der Waals surface area (Å²) in [6, 6.07) is 11.0. The van der Waals surface area contributed by atoms with E-state index in [9.17, 15) is 18.0 Å². The monoisotopic (exact) mass is 403 g/mol. The molecule has 0 aromatic heterocycles. The zero-order valence-corrected chi connectivity index (χ0v) is 17.3. The number of hydrogen-bond donors (Lipinski definition) is 2. The molecule has 0 aliphatic carbocycles. The first-order valence-electron chi connectivity index (χ1n) is 8.98. The van der Waals surface area contributed by atoms with Gasteiger partial charge in [-0.25, -0.2) is 8.42 Å². The number of sulfonamides is 1. The highest BCUT2D eigenvalue weighted by molar-refractivity contribution is 7.89. The molecule has 8 heteroatoms. The Bertz CT molecular complexity index is 965. The molecule has 2 aromatic rings. The first kappa shape index (κ1) is 21.6. The lowest BCUT2D eigenvalue weighted by molar-refractivity contribution is 0.0962. The number of nitrogens with one attached hydrogen (secondary N) is 2. The van der Waals surface area contributed by atoms with Crippen LogP contribution in [-0.4, -0.2) is 44.7 Å². The Morgan fingerprint density at radius 1 is 0.964 bits per heavy atom. The average molecular weight is 404 g/mol. The molecule has 0 atom stereocenters. The van der Waals surface area contributed by atoms with Crippen molar-refractivity contribution in [3.63, 3.8) is 0 Å². The van der Waals surface area contributed by atoms with Crippen molar-refractivity contribution < 1.29 is 18.0 Å². The van der Waals surface area contributed by atoms with Gasteiger partial charge in [-0.15, -0.1) is 0 Å². The Balaban J connectivity index is 2.30. The normalized spacial score (nSPS) is 11.3. The van der Waals surface area contributed by atoms with Crippen LogP contribution in [0.1, 0.15) is 40.1 Å². The predicted octanol–water partition coefficient (Wildman–Crippen LogP) is 2.64. The Kier molecular flexibility index (Phi) is 6.93. The molecule has 2 amide bonds. The molecule has 2 N–H and O–H groups in total. The van der Waals surface area contributed by atoms with Crippen molar-refractivity contribution in [3.8, 4) is 0 Å². The lowest BCUT2D eigenvalue weighted by Gasteiger charge is -2.19. The molecule has 0 spiro atoms. The number of anilines is 1. The van der Waals surface area contributed by atoms with E-state index in [1.54, 1.807) is 58.2 Å². The van der Waals surface area contributed by atoms with Crippen LogP contribution in [0.25, 0.3) is 0 Å². The topological polar surface area (TPSA) is 95.6 Å². The highest BCUT2D eigenvalue weighted by Gasteiger charge is 2.23. The van der Waals surface area contributed by atoms with Crippen LogP contribution in [0.15, 0.2) is 47.4 Å². The standard InChI is InChI=1S/C20H25N3O4S/c1-5-23(6-2)28(26,27)17-12-7-14(3)18(13-17)20(25)22-16-10-8-15(9-11-16)19(24)21-4/h7-13H,5-6H2,1-4H3,(H,21,24)(H,22,25). The molecule has 28 heavy (non-hydrogen) atoms. The van der Waals surface area contributed by atoms with Crippen LogP contribution in [0.4, 0.5) is 5.69 Å². The number of hydrogen-bond acceptors (Lipinski definition) is 4. The van der Waals surface area contributed by atoms with Gasteiger partial charge < -0.3 is 10.6 Å². The highest BCUT2D eigenvalue weighted by Crippen LogP contribution is 2.21. The average Bonchev–Trinajstić information content (AvgIpc) is 2.68. The van der Waals surface area contributed by atoms with Gasteiger partial charge in [-0.1, -0.05) is 19.9 Å². The number of aryl methyl sites for hydroxylation is 1. The summed E-state index contributed by atoms with van der Waals surface area (Å²) in [5.74, 6) is -0.634. The summed E-state index contributed by atoms with van der Waals surface area (Å²) in [6.45, 7) is 5.99. The maximum absolute atomic E-state index is 12.7. The summed E-state index contributed by atoms with van der Waals surface area (Å²) in [5, 5.41) is 5.27. The summed E-state index contributed by atoms with van der Waals surface area (Å²) in [6.07, 6.45) is 0. The summed E-state index contributed by atoms with van der Waals surface area (Å²) in [4.78, 5) is 24.4.